The molecule has 11 heteroatoms. The standard InChI is InChI=1S/C26H25N3O7S/c1-4-35-20-10-16(7-8-19(20)30)13-23-25(32)29(15-18-6-5-9-36-18)26(37-23)28-27-14-17-11-21(33-2)24(31)22(12-17)34-3/h5-14,30-31H,4,15H2,1-3H3/b23-13-,27-14+,28-26-. The van der Waals surface area contributed by atoms with E-state index in [0.717, 1.165) is 11.8 Å². The number of carbonyl (C=O) groups excluding carboxylic acids is 1. The number of nitrogens with zero attached hydrogens (tertiary/aromatic N) is 3. The van der Waals surface area contributed by atoms with Crippen molar-refractivity contribution < 1.29 is 33.6 Å². The molecule has 37 heavy (non-hydrogen) atoms. The van der Waals surface area contributed by atoms with Crippen molar-refractivity contribution >= 4 is 35.1 Å². The molecule has 2 heterocycles. The Morgan fingerprint density at radius 3 is 2.43 bits per heavy atom. The van der Waals surface area contributed by atoms with E-state index in [9.17, 15) is 15.0 Å². The average Bonchev–Trinajstić information content (AvgIpc) is 3.51. The first-order chi connectivity index (χ1) is 17.9. The quantitative estimate of drug-likeness (QED) is 0.237. The number of phenolic OH excluding ortho intramolecular Hbond substituents is 2. The second kappa shape index (κ2) is 11.6. The number of aromatic hydroxyl groups is 2. The van der Waals surface area contributed by atoms with E-state index in [0.29, 0.717) is 39.3 Å². The number of amides is 1. The molecule has 1 saturated heterocycles. The molecule has 0 atom stereocenters. The fraction of sp³-hybridized carbons (Fsp3) is 0.192. The van der Waals surface area contributed by atoms with Gasteiger partial charge in [-0.25, -0.2) is 0 Å². The highest BCUT2D eigenvalue weighted by molar-refractivity contribution is 8.18. The molecule has 1 aliphatic heterocycles. The van der Waals surface area contributed by atoms with Gasteiger partial charge in [0, 0.05) is 5.56 Å². The summed E-state index contributed by atoms with van der Waals surface area (Å²) >= 11 is 1.16. The van der Waals surface area contributed by atoms with E-state index in [4.69, 9.17) is 18.6 Å². The molecule has 2 aromatic carbocycles. The first-order valence-corrected chi connectivity index (χ1v) is 12.0. The van der Waals surface area contributed by atoms with Crippen LogP contribution in [0.25, 0.3) is 6.08 Å². The Balaban J connectivity index is 1.64. The van der Waals surface area contributed by atoms with Gasteiger partial charge in [0.25, 0.3) is 5.91 Å². The zero-order chi connectivity index (χ0) is 26.4. The van der Waals surface area contributed by atoms with Crippen molar-refractivity contribution in [3.05, 3.63) is 70.5 Å². The molecular formula is C26H25N3O7S. The van der Waals surface area contributed by atoms with E-state index in [-0.39, 0.29) is 35.4 Å². The summed E-state index contributed by atoms with van der Waals surface area (Å²) in [5.41, 5.74) is 1.26. The number of thioether (sulfide) groups is 1. The molecule has 1 fully saturated rings. The van der Waals surface area contributed by atoms with E-state index in [1.165, 1.54) is 37.7 Å². The van der Waals surface area contributed by atoms with Gasteiger partial charge >= 0.3 is 0 Å². The third-order valence-corrected chi connectivity index (χ3v) is 6.21. The average molecular weight is 524 g/mol. The normalized spacial score (nSPS) is 15.8. The maximum atomic E-state index is 13.3. The summed E-state index contributed by atoms with van der Waals surface area (Å²) in [4.78, 5) is 15.2. The summed E-state index contributed by atoms with van der Waals surface area (Å²) in [6.45, 7) is 2.39. The third kappa shape index (κ3) is 5.89. The van der Waals surface area contributed by atoms with Crippen molar-refractivity contribution in [2.24, 2.45) is 10.2 Å². The summed E-state index contributed by atoms with van der Waals surface area (Å²) in [7, 11) is 2.87. The van der Waals surface area contributed by atoms with Crippen molar-refractivity contribution in [2.75, 3.05) is 20.8 Å². The molecule has 0 bridgehead atoms. The summed E-state index contributed by atoms with van der Waals surface area (Å²) in [5, 5.41) is 28.9. The molecule has 1 amide bonds. The predicted molar refractivity (Wildman–Crippen MR) is 140 cm³/mol. The van der Waals surface area contributed by atoms with Gasteiger partial charge in [0.05, 0.1) is 44.8 Å². The van der Waals surface area contributed by atoms with Crippen LogP contribution in [0.15, 0.2) is 68.3 Å². The van der Waals surface area contributed by atoms with E-state index in [2.05, 4.69) is 10.2 Å². The zero-order valence-electron chi connectivity index (χ0n) is 20.4. The topological polar surface area (TPSA) is 126 Å². The van der Waals surface area contributed by atoms with Crippen molar-refractivity contribution in [1.82, 2.24) is 4.90 Å². The van der Waals surface area contributed by atoms with Gasteiger partial charge in [-0.3, -0.25) is 9.69 Å². The van der Waals surface area contributed by atoms with Gasteiger partial charge in [-0.05, 0) is 66.7 Å². The fourth-order valence-electron chi connectivity index (χ4n) is 3.46. The third-order valence-electron chi connectivity index (χ3n) is 5.22. The van der Waals surface area contributed by atoms with Crippen LogP contribution in [0, 0.1) is 0 Å². The van der Waals surface area contributed by atoms with Crippen molar-refractivity contribution in [1.29, 1.82) is 0 Å². The lowest BCUT2D eigenvalue weighted by atomic mass is 10.2. The molecule has 1 aromatic heterocycles. The molecule has 0 saturated carbocycles. The summed E-state index contributed by atoms with van der Waals surface area (Å²) in [6.07, 6.45) is 4.70. The molecule has 10 nitrogen and oxygen atoms in total. The van der Waals surface area contributed by atoms with Crippen LogP contribution in [0.3, 0.4) is 0 Å². The maximum absolute atomic E-state index is 13.3. The van der Waals surface area contributed by atoms with Gasteiger partial charge in [0.2, 0.25) is 5.75 Å². The number of phenols is 2. The van der Waals surface area contributed by atoms with Crippen LogP contribution >= 0.6 is 11.8 Å². The summed E-state index contributed by atoms with van der Waals surface area (Å²) in [5.74, 6) is 1.00. The molecule has 0 radical (unpaired) electrons. The number of rotatable bonds is 9. The molecule has 0 aliphatic carbocycles. The number of hydrogen-bond acceptors (Lipinski definition) is 10. The highest BCUT2D eigenvalue weighted by Gasteiger charge is 2.34. The molecule has 0 unspecified atom stereocenters. The second-order valence-electron chi connectivity index (χ2n) is 7.64. The Bertz CT molecular complexity index is 1340. The highest BCUT2D eigenvalue weighted by atomic mass is 32.2. The minimum Gasteiger partial charge on any atom is -0.504 e. The van der Waals surface area contributed by atoms with E-state index in [1.54, 1.807) is 42.5 Å². The lowest BCUT2D eigenvalue weighted by Gasteiger charge is -2.12. The van der Waals surface area contributed by atoms with Gasteiger partial charge in [0.1, 0.15) is 5.76 Å². The van der Waals surface area contributed by atoms with Gasteiger partial charge < -0.3 is 28.8 Å². The molecular weight excluding hydrogens is 498 g/mol. The van der Waals surface area contributed by atoms with Crippen LogP contribution in [0.4, 0.5) is 0 Å². The Labute approximate surface area is 217 Å². The molecule has 4 rings (SSSR count). The number of furan rings is 1. The summed E-state index contributed by atoms with van der Waals surface area (Å²) in [6, 6.07) is 11.5. The highest BCUT2D eigenvalue weighted by Crippen LogP contribution is 2.37. The zero-order valence-corrected chi connectivity index (χ0v) is 21.2. The van der Waals surface area contributed by atoms with Gasteiger partial charge in [0.15, 0.2) is 28.2 Å². The van der Waals surface area contributed by atoms with Crippen LogP contribution in [0.1, 0.15) is 23.8 Å². The number of carbonyl (C=O) groups is 1. The number of methoxy groups -OCH3 is 2. The number of benzene rings is 2. The number of amidine groups is 1. The lowest BCUT2D eigenvalue weighted by Crippen LogP contribution is -2.28. The van der Waals surface area contributed by atoms with Crippen LogP contribution < -0.4 is 14.2 Å². The van der Waals surface area contributed by atoms with Gasteiger partial charge in [-0.2, -0.15) is 5.10 Å². The van der Waals surface area contributed by atoms with E-state index in [1.807, 2.05) is 6.92 Å². The van der Waals surface area contributed by atoms with Crippen molar-refractivity contribution in [3.8, 4) is 28.7 Å². The Hall–Kier alpha value is -4.38. The first-order valence-electron chi connectivity index (χ1n) is 11.2. The Morgan fingerprint density at radius 2 is 1.78 bits per heavy atom. The first kappa shape index (κ1) is 25.7. The van der Waals surface area contributed by atoms with Crippen LogP contribution in [-0.4, -0.2) is 53.2 Å². The van der Waals surface area contributed by atoms with Crippen LogP contribution in [-0.2, 0) is 11.3 Å². The van der Waals surface area contributed by atoms with E-state index < -0.39 is 0 Å². The number of hydrogen-bond donors (Lipinski definition) is 2. The maximum Gasteiger partial charge on any atom is 0.267 e. The number of ether oxygens (including phenoxy) is 3. The van der Waals surface area contributed by atoms with Gasteiger partial charge in [-0.1, -0.05) is 6.07 Å². The molecule has 0 spiro atoms. The van der Waals surface area contributed by atoms with Crippen LogP contribution in [0.5, 0.6) is 28.7 Å². The Morgan fingerprint density at radius 1 is 1.05 bits per heavy atom. The molecule has 2 N–H and O–H groups in total. The molecule has 1 aliphatic rings. The predicted octanol–water partition coefficient (Wildman–Crippen LogP) is 4.61. The SMILES string of the molecule is CCOc1cc(/C=C2\S/C(=N\N=C\c3cc(OC)c(O)c(OC)c3)N(Cc3ccco3)C2=O)ccc1O. The fourth-order valence-corrected chi connectivity index (χ4v) is 4.39. The van der Waals surface area contributed by atoms with Gasteiger partial charge in [-0.15, -0.1) is 5.10 Å². The Kier molecular flexibility index (Phi) is 8.04. The van der Waals surface area contributed by atoms with E-state index >= 15 is 0 Å². The monoisotopic (exact) mass is 523 g/mol. The lowest BCUT2D eigenvalue weighted by molar-refractivity contribution is -0.122. The molecule has 192 valence electrons. The van der Waals surface area contributed by atoms with Crippen molar-refractivity contribution in [3.63, 3.8) is 0 Å². The van der Waals surface area contributed by atoms with Crippen LogP contribution in [0.2, 0.25) is 0 Å². The minimum atomic E-state index is -0.269. The van der Waals surface area contributed by atoms with Crippen molar-refractivity contribution in [2.45, 2.75) is 13.5 Å². The second-order valence-corrected chi connectivity index (χ2v) is 8.65. The molecule has 3 aromatic rings. The smallest absolute Gasteiger partial charge is 0.267 e. The summed E-state index contributed by atoms with van der Waals surface area (Å²) < 4.78 is 21.2. The minimum absolute atomic E-state index is 0.0212. The largest absolute Gasteiger partial charge is 0.504 e.